The molecule has 2 aliphatic rings. The quantitative estimate of drug-likeness (QED) is 0.420. The number of nitrogens with one attached hydrogen (secondary N) is 2. The van der Waals surface area contributed by atoms with Crippen LogP contribution in [-0.2, 0) is 9.59 Å². The number of rotatable bonds is 9. The van der Waals surface area contributed by atoms with Crippen molar-refractivity contribution in [2.75, 3.05) is 19.6 Å². The zero-order valence-electron chi connectivity index (χ0n) is 21.6. The van der Waals surface area contributed by atoms with Crippen LogP contribution < -0.4 is 10.6 Å². The van der Waals surface area contributed by atoms with Gasteiger partial charge >= 0.3 is 0 Å². The van der Waals surface area contributed by atoms with Crippen molar-refractivity contribution in [3.63, 3.8) is 0 Å². The van der Waals surface area contributed by atoms with Gasteiger partial charge in [0.15, 0.2) is 0 Å². The van der Waals surface area contributed by atoms with Crippen LogP contribution in [-0.4, -0.2) is 48.1 Å². The van der Waals surface area contributed by atoms with Gasteiger partial charge in [-0.25, -0.2) is 8.78 Å². The number of carbonyl (C=O) groups excluding carboxylic acids is 2. The van der Waals surface area contributed by atoms with E-state index in [4.69, 9.17) is 11.6 Å². The number of hydrogen-bond acceptors (Lipinski definition) is 3. The Morgan fingerprint density at radius 1 is 1.19 bits per heavy atom. The monoisotopic (exact) mass is 521 g/mol. The van der Waals surface area contributed by atoms with Crippen molar-refractivity contribution in [2.24, 2.45) is 17.8 Å². The molecule has 1 aromatic rings. The Bertz CT molecular complexity index is 974. The molecule has 0 spiro atoms. The zero-order valence-corrected chi connectivity index (χ0v) is 22.3. The molecule has 1 saturated heterocycles. The van der Waals surface area contributed by atoms with E-state index in [1.165, 1.54) is 6.08 Å². The van der Waals surface area contributed by atoms with Crippen LogP contribution in [0.3, 0.4) is 0 Å². The van der Waals surface area contributed by atoms with Gasteiger partial charge in [0.2, 0.25) is 11.8 Å². The number of benzene rings is 1. The summed E-state index contributed by atoms with van der Waals surface area (Å²) in [5.74, 6) is -1.89. The fourth-order valence-corrected chi connectivity index (χ4v) is 5.14. The first-order valence-corrected chi connectivity index (χ1v) is 13.1. The van der Waals surface area contributed by atoms with Gasteiger partial charge in [0.1, 0.15) is 12.0 Å². The third-order valence-corrected chi connectivity index (χ3v) is 7.46. The molecule has 2 amide bonds. The van der Waals surface area contributed by atoms with E-state index in [1.54, 1.807) is 25.1 Å². The van der Waals surface area contributed by atoms with Crippen molar-refractivity contribution in [1.82, 2.24) is 15.5 Å². The smallest absolute Gasteiger partial charge is 0.224 e. The molecule has 3 rings (SSSR count). The minimum absolute atomic E-state index is 0.0399. The van der Waals surface area contributed by atoms with E-state index >= 15 is 0 Å². The molecule has 36 heavy (non-hydrogen) atoms. The fourth-order valence-electron chi connectivity index (χ4n) is 5.01. The van der Waals surface area contributed by atoms with Gasteiger partial charge in [-0.2, -0.15) is 0 Å². The second kappa shape index (κ2) is 12.3. The molecule has 1 aliphatic carbocycles. The molecular weight excluding hydrogens is 484 g/mol. The molecule has 5 atom stereocenters. The van der Waals surface area contributed by atoms with Crippen molar-refractivity contribution >= 4 is 23.4 Å². The van der Waals surface area contributed by atoms with E-state index in [0.29, 0.717) is 43.9 Å². The summed E-state index contributed by atoms with van der Waals surface area (Å²) >= 11 is 6.01. The molecule has 0 bridgehead atoms. The second-order valence-corrected chi connectivity index (χ2v) is 11.2. The molecular formula is C28H38ClF2N3O2. The molecule has 1 aliphatic heterocycles. The lowest BCUT2D eigenvalue weighted by molar-refractivity contribution is -0.126. The lowest BCUT2D eigenvalue weighted by atomic mass is 9.79. The highest BCUT2D eigenvalue weighted by Gasteiger charge is 2.46. The number of alkyl halides is 1. The lowest BCUT2D eigenvalue weighted by Gasteiger charge is -2.32. The van der Waals surface area contributed by atoms with Crippen LogP contribution in [0.5, 0.6) is 0 Å². The number of likely N-dealkylation sites (tertiary alicyclic amines) is 1. The standard InChI is InChI=1S/C28H38ClF2N3O2/c1-5-26(35)33-25(18-8-10-19(29)11-9-18)7-6-14-32-27(36)23-17-34(28(2,3)4)16-22(23)21-13-12-20(30)15-24(21)31/h8-13,15,21-25H,5-7,14,16-17H2,1-4H3,(H,32,36)(H,33,35)/t21?,22-,23?,24?,25?/m0/s1. The normalized spacial score (nSPS) is 25.4. The molecule has 8 heteroatoms. The Morgan fingerprint density at radius 2 is 1.89 bits per heavy atom. The summed E-state index contributed by atoms with van der Waals surface area (Å²) < 4.78 is 28.3. The van der Waals surface area contributed by atoms with Gasteiger partial charge in [-0.3, -0.25) is 14.5 Å². The maximum Gasteiger partial charge on any atom is 0.224 e. The zero-order chi connectivity index (χ0) is 26.5. The first-order valence-electron chi connectivity index (χ1n) is 12.8. The van der Waals surface area contributed by atoms with E-state index < -0.39 is 23.8 Å². The SMILES string of the molecule is CCC(=O)NC(CCCNC(=O)C1CN(C(C)(C)C)C[C@H]1C1C=CC(F)=CC1F)c1ccc(Cl)cc1. The highest BCUT2D eigenvalue weighted by molar-refractivity contribution is 6.30. The van der Waals surface area contributed by atoms with Crippen molar-refractivity contribution in [1.29, 1.82) is 0 Å². The molecule has 0 saturated carbocycles. The highest BCUT2D eigenvalue weighted by atomic mass is 35.5. The Hall–Kier alpha value is -2.25. The summed E-state index contributed by atoms with van der Waals surface area (Å²) in [4.78, 5) is 27.5. The molecule has 2 N–H and O–H groups in total. The van der Waals surface area contributed by atoms with Gasteiger partial charge in [-0.05, 0) is 69.4 Å². The first-order chi connectivity index (χ1) is 17.0. The summed E-state index contributed by atoms with van der Waals surface area (Å²) in [6.45, 7) is 9.59. The van der Waals surface area contributed by atoms with Crippen LogP contribution in [0.25, 0.3) is 0 Å². The van der Waals surface area contributed by atoms with Gasteiger partial charge < -0.3 is 10.6 Å². The van der Waals surface area contributed by atoms with Gasteiger partial charge in [0.25, 0.3) is 0 Å². The lowest BCUT2D eigenvalue weighted by Crippen LogP contribution is -2.41. The number of allylic oxidation sites excluding steroid dienone is 4. The van der Waals surface area contributed by atoms with Crippen LogP contribution in [0.15, 0.2) is 48.3 Å². The van der Waals surface area contributed by atoms with Crippen LogP contribution >= 0.6 is 11.6 Å². The minimum Gasteiger partial charge on any atom is -0.356 e. The van der Waals surface area contributed by atoms with Gasteiger partial charge in [-0.1, -0.05) is 36.7 Å². The first kappa shape index (κ1) is 28.3. The predicted molar refractivity (Wildman–Crippen MR) is 140 cm³/mol. The maximum atomic E-state index is 14.8. The largest absolute Gasteiger partial charge is 0.356 e. The van der Waals surface area contributed by atoms with Crippen LogP contribution in [0, 0.1) is 17.8 Å². The molecule has 1 heterocycles. The van der Waals surface area contributed by atoms with E-state index in [-0.39, 0.29) is 29.3 Å². The van der Waals surface area contributed by atoms with Crippen LogP contribution in [0.4, 0.5) is 8.78 Å². The summed E-state index contributed by atoms with van der Waals surface area (Å²) in [6.07, 6.45) is 4.13. The summed E-state index contributed by atoms with van der Waals surface area (Å²) in [7, 11) is 0. The summed E-state index contributed by atoms with van der Waals surface area (Å²) in [5, 5.41) is 6.71. The van der Waals surface area contributed by atoms with E-state index in [1.807, 2.05) is 12.1 Å². The second-order valence-electron chi connectivity index (χ2n) is 10.7. The van der Waals surface area contributed by atoms with E-state index in [9.17, 15) is 18.4 Å². The van der Waals surface area contributed by atoms with Crippen molar-refractivity contribution < 1.29 is 18.4 Å². The average Bonchev–Trinajstić information content (AvgIpc) is 3.27. The highest BCUT2D eigenvalue weighted by Crippen LogP contribution is 2.39. The molecule has 4 unspecified atom stereocenters. The number of carbonyl (C=O) groups is 2. The predicted octanol–water partition coefficient (Wildman–Crippen LogP) is 5.53. The third kappa shape index (κ3) is 7.39. The fraction of sp³-hybridized carbons (Fsp3) is 0.571. The molecule has 1 fully saturated rings. The molecule has 5 nitrogen and oxygen atoms in total. The number of halogens is 3. The Kier molecular flexibility index (Phi) is 9.70. The number of amides is 2. The van der Waals surface area contributed by atoms with E-state index in [2.05, 4.69) is 36.3 Å². The Morgan fingerprint density at radius 3 is 2.50 bits per heavy atom. The van der Waals surface area contributed by atoms with Crippen LogP contribution in [0.1, 0.15) is 58.6 Å². The summed E-state index contributed by atoms with van der Waals surface area (Å²) in [6, 6.07) is 7.21. The molecule has 1 aromatic carbocycles. The molecule has 198 valence electrons. The Balaban J connectivity index is 1.62. The molecule has 0 radical (unpaired) electrons. The van der Waals surface area contributed by atoms with Crippen LogP contribution in [0.2, 0.25) is 5.02 Å². The van der Waals surface area contributed by atoms with Gasteiger partial charge in [0, 0.05) is 42.5 Å². The number of nitrogens with zero attached hydrogens (tertiary/aromatic N) is 1. The summed E-state index contributed by atoms with van der Waals surface area (Å²) in [5.41, 5.74) is 0.796. The van der Waals surface area contributed by atoms with Crippen molar-refractivity contribution in [3.8, 4) is 0 Å². The van der Waals surface area contributed by atoms with Crippen molar-refractivity contribution in [2.45, 2.75) is 64.7 Å². The average molecular weight is 522 g/mol. The Labute approximate surface area is 218 Å². The minimum atomic E-state index is -1.45. The topological polar surface area (TPSA) is 61.4 Å². The van der Waals surface area contributed by atoms with Gasteiger partial charge in [0.05, 0.1) is 12.0 Å². The van der Waals surface area contributed by atoms with Crippen molar-refractivity contribution in [3.05, 3.63) is 58.9 Å². The molecule has 0 aromatic heterocycles. The maximum absolute atomic E-state index is 14.8. The van der Waals surface area contributed by atoms with E-state index in [0.717, 1.165) is 11.6 Å². The third-order valence-electron chi connectivity index (χ3n) is 7.21. The number of hydrogen-bond donors (Lipinski definition) is 2. The van der Waals surface area contributed by atoms with Gasteiger partial charge in [-0.15, -0.1) is 0 Å².